The molecule has 0 heterocycles. The van der Waals surface area contributed by atoms with Crippen molar-refractivity contribution in [1.29, 1.82) is 0 Å². The first-order valence-electron chi connectivity index (χ1n) is 9.97. The Morgan fingerprint density at radius 1 is 0.833 bits per heavy atom. The zero-order valence-electron chi connectivity index (χ0n) is 17.9. The fourth-order valence-corrected chi connectivity index (χ4v) is 2.77. The Morgan fingerprint density at radius 3 is 2.17 bits per heavy atom. The van der Waals surface area contributed by atoms with Gasteiger partial charge in [-0.3, -0.25) is 0 Å². The van der Waals surface area contributed by atoms with Gasteiger partial charge in [0.15, 0.2) is 0 Å². The molecule has 0 bridgehead atoms. The van der Waals surface area contributed by atoms with Crippen LogP contribution in [0.4, 0.5) is 5.69 Å². The van der Waals surface area contributed by atoms with E-state index in [1.807, 2.05) is 86.6 Å². The highest BCUT2D eigenvalue weighted by molar-refractivity contribution is 5.96. The summed E-state index contributed by atoms with van der Waals surface area (Å²) in [5.41, 5.74) is 3.99. The highest BCUT2D eigenvalue weighted by Gasteiger charge is 2.11. The molecule has 0 fully saturated rings. The molecule has 0 atom stereocenters. The molecule has 4 heteroatoms. The van der Waals surface area contributed by atoms with Crippen molar-refractivity contribution >= 4 is 11.6 Å². The van der Waals surface area contributed by atoms with Gasteiger partial charge in [-0.05, 0) is 74.4 Å². The van der Waals surface area contributed by atoms with E-state index in [4.69, 9.17) is 19.2 Å². The van der Waals surface area contributed by atoms with Gasteiger partial charge < -0.3 is 14.2 Å². The summed E-state index contributed by atoms with van der Waals surface area (Å²) in [5, 5.41) is 0. The Labute approximate surface area is 178 Å². The van der Waals surface area contributed by atoms with E-state index < -0.39 is 0 Å². The molecule has 0 amide bonds. The van der Waals surface area contributed by atoms with Crippen molar-refractivity contribution in [2.24, 2.45) is 4.99 Å². The van der Waals surface area contributed by atoms with Crippen LogP contribution in [-0.4, -0.2) is 13.0 Å². The third-order valence-electron chi connectivity index (χ3n) is 4.52. The number of aliphatic imine (C=N–C) groups is 1. The standard InChI is InChI=1S/C26H27NO3/c1-5-21(18-29-24-15-13-23(28-4)14-16-24)26(27-22-11-9-19(2)10-12-22)30-25-8-6-7-20(3)17-25/h6-18H,5H2,1-4H3. The molecule has 0 unspecified atom stereocenters. The van der Waals surface area contributed by atoms with Crippen LogP contribution in [0.25, 0.3) is 0 Å². The van der Waals surface area contributed by atoms with Crippen LogP contribution < -0.4 is 14.2 Å². The number of methoxy groups -OCH3 is 1. The minimum Gasteiger partial charge on any atom is -0.497 e. The average Bonchev–Trinajstić information content (AvgIpc) is 2.76. The number of nitrogens with zero attached hydrogens (tertiary/aromatic N) is 1. The lowest BCUT2D eigenvalue weighted by molar-refractivity contribution is 0.412. The smallest absolute Gasteiger partial charge is 0.226 e. The normalized spacial score (nSPS) is 11.9. The fraction of sp³-hybridized carbons (Fsp3) is 0.192. The summed E-state index contributed by atoms with van der Waals surface area (Å²) in [6, 6.07) is 23.4. The quantitative estimate of drug-likeness (QED) is 0.248. The summed E-state index contributed by atoms with van der Waals surface area (Å²) in [5.74, 6) is 2.75. The molecule has 0 aliphatic rings. The molecule has 0 saturated carbocycles. The molecule has 0 saturated heterocycles. The summed E-state index contributed by atoms with van der Waals surface area (Å²) >= 11 is 0. The van der Waals surface area contributed by atoms with Crippen molar-refractivity contribution < 1.29 is 14.2 Å². The number of rotatable bonds is 7. The first kappa shape index (κ1) is 21.2. The van der Waals surface area contributed by atoms with Crippen molar-refractivity contribution in [2.75, 3.05) is 7.11 Å². The third kappa shape index (κ3) is 5.98. The van der Waals surface area contributed by atoms with E-state index in [0.717, 1.165) is 28.3 Å². The van der Waals surface area contributed by atoms with Crippen LogP contribution in [0, 0.1) is 13.8 Å². The van der Waals surface area contributed by atoms with E-state index in [9.17, 15) is 0 Å². The summed E-state index contributed by atoms with van der Waals surface area (Å²) in [6.45, 7) is 6.14. The number of benzene rings is 3. The van der Waals surface area contributed by atoms with Gasteiger partial charge in [-0.25, -0.2) is 4.99 Å². The van der Waals surface area contributed by atoms with Gasteiger partial charge in [0.2, 0.25) is 5.90 Å². The Balaban J connectivity index is 1.91. The minimum atomic E-state index is 0.514. The predicted molar refractivity (Wildman–Crippen MR) is 122 cm³/mol. The van der Waals surface area contributed by atoms with E-state index in [-0.39, 0.29) is 0 Å². The average molecular weight is 402 g/mol. The highest BCUT2D eigenvalue weighted by atomic mass is 16.5. The maximum Gasteiger partial charge on any atom is 0.226 e. The van der Waals surface area contributed by atoms with Gasteiger partial charge in [0.1, 0.15) is 17.2 Å². The second-order valence-electron chi connectivity index (χ2n) is 6.96. The molecule has 0 radical (unpaired) electrons. The second kappa shape index (κ2) is 10.3. The minimum absolute atomic E-state index is 0.514. The van der Waals surface area contributed by atoms with Crippen molar-refractivity contribution in [3.8, 4) is 17.2 Å². The van der Waals surface area contributed by atoms with E-state index in [0.29, 0.717) is 18.1 Å². The molecule has 0 aromatic heterocycles. The van der Waals surface area contributed by atoms with Crippen molar-refractivity contribution in [3.05, 3.63) is 95.8 Å². The van der Waals surface area contributed by atoms with E-state index >= 15 is 0 Å². The molecule has 0 N–H and O–H groups in total. The zero-order valence-corrected chi connectivity index (χ0v) is 17.9. The van der Waals surface area contributed by atoms with Gasteiger partial charge in [-0.2, -0.15) is 0 Å². The van der Waals surface area contributed by atoms with Crippen LogP contribution in [0.3, 0.4) is 0 Å². The molecule has 30 heavy (non-hydrogen) atoms. The number of hydrogen-bond donors (Lipinski definition) is 0. The first-order valence-corrected chi connectivity index (χ1v) is 9.97. The maximum absolute atomic E-state index is 6.19. The first-order chi connectivity index (χ1) is 14.6. The van der Waals surface area contributed by atoms with E-state index in [2.05, 4.69) is 6.92 Å². The summed E-state index contributed by atoms with van der Waals surface area (Å²) in [7, 11) is 1.64. The number of hydrogen-bond acceptors (Lipinski definition) is 4. The third-order valence-corrected chi connectivity index (χ3v) is 4.52. The van der Waals surface area contributed by atoms with E-state index in [1.54, 1.807) is 13.4 Å². The lowest BCUT2D eigenvalue weighted by Gasteiger charge is -2.13. The maximum atomic E-state index is 6.19. The molecule has 154 valence electrons. The van der Waals surface area contributed by atoms with Gasteiger partial charge in [0.05, 0.1) is 19.1 Å². The molecule has 3 rings (SSSR count). The van der Waals surface area contributed by atoms with Gasteiger partial charge in [0, 0.05) is 5.57 Å². The van der Waals surface area contributed by atoms with Gasteiger partial charge in [-0.15, -0.1) is 0 Å². The van der Waals surface area contributed by atoms with Crippen molar-refractivity contribution in [1.82, 2.24) is 0 Å². The number of aryl methyl sites for hydroxylation is 2. The summed E-state index contributed by atoms with van der Waals surface area (Å²) in [6.07, 6.45) is 2.40. The summed E-state index contributed by atoms with van der Waals surface area (Å²) in [4.78, 5) is 4.76. The Bertz CT molecular complexity index is 1020. The monoisotopic (exact) mass is 401 g/mol. The molecule has 3 aromatic carbocycles. The van der Waals surface area contributed by atoms with Crippen LogP contribution in [0.1, 0.15) is 24.5 Å². The van der Waals surface area contributed by atoms with Gasteiger partial charge >= 0.3 is 0 Å². The largest absolute Gasteiger partial charge is 0.497 e. The van der Waals surface area contributed by atoms with Crippen LogP contribution in [-0.2, 0) is 0 Å². The van der Waals surface area contributed by atoms with Crippen molar-refractivity contribution in [2.45, 2.75) is 27.2 Å². The molecule has 0 aliphatic carbocycles. The molecule has 0 aliphatic heterocycles. The zero-order chi connectivity index (χ0) is 21.3. The lowest BCUT2D eigenvalue weighted by Crippen LogP contribution is -2.12. The lowest BCUT2D eigenvalue weighted by atomic mass is 10.2. The Morgan fingerprint density at radius 2 is 1.53 bits per heavy atom. The molecule has 4 nitrogen and oxygen atoms in total. The van der Waals surface area contributed by atoms with E-state index in [1.165, 1.54) is 5.56 Å². The predicted octanol–water partition coefficient (Wildman–Crippen LogP) is 6.79. The Hall–Kier alpha value is -3.53. The number of ether oxygens (including phenoxy) is 3. The van der Waals surface area contributed by atoms with Crippen LogP contribution in [0.2, 0.25) is 0 Å². The summed E-state index contributed by atoms with van der Waals surface area (Å²) < 4.78 is 17.3. The van der Waals surface area contributed by atoms with Crippen molar-refractivity contribution in [3.63, 3.8) is 0 Å². The highest BCUT2D eigenvalue weighted by Crippen LogP contribution is 2.22. The molecular formula is C26H27NO3. The molecular weight excluding hydrogens is 374 g/mol. The van der Waals surface area contributed by atoms with Crippen LogP contribution in [0.5, 0.6) is 17.2 Å². The second-order valence-corrected chi connectivity index (χ2v) is 6.96. The SMILES string of the molecule is CCC(=COc1ccc(OC)cc1)C(=Nc1ccc(C)cc1)Oc1cccc(C)c1. The van der Waals surface area contributed by atoms with Gasteiger partial charge in [0.25, 0.3) is 0 Å². The fourth-order valence-electron chi connectivity index (χ4n) is 2.77. The van der Waals surface area contributed by atoms with Crippen LogP contribution >= 0.6 is 0 Å². The topological polar surface area (TPSA) is 40.0 Å². The molecule has 0 spiro atoms. The van der Waals surface area contributed by atoms with Gasteiger partial charge in [-0.1, -0.05) is 36.8 Å². The molecule has 3 aromatic rings. The van der Waals surface area contributed by atoms with Crippen LogP contribution in [0.15, 0.2) is 89.6 Å². The Kier molecular flexibility index (Phi) is 7.28.